The van der Waals surface area contributed by atoms with Crippen LogP contribution < -0.4 is 0 Å². The van der Waals surface area contributed by atoms with Crippen LogP contribution in [-0.2, 0) is 29.2 Å². The Kier molecular flexibility index (Phi) is 8.47. The van der Waals surface area contributed by atoms with Crippen molar-refractivity contribution >= 4 is 46.1 Å². The van der Waals surface area contributed by atoms with Crippen molar-refractivity contribution in [3.8, 4) is 0 Å². The zero-order valence-corrected chi connectivity index (χ0v) is 23.5. The highest BCUT2D eigenvalue weighted by atomic mass is 35.5. The number of likely N-dealkylation sites (tertiary alicyclic amines) is 1. The summed E-state index contributed by atoms with van der Waals surface area (Å²) in [6.45, 7) is 6.60. The molecule has 2 atom stereocenters. The number of alkyl halides is 3. The number of ether oxygens (including phenoxy) is 1. The number of aryl methyl sites for hydroxylation is 2. The quantitative estimate of drug-likeness (QED) is 0.253. The van der Waals surface area contributed by atoms with Crippen LogP contribution in [0.5, 0.6) is 0 Å². The molecule has 39 heavy (non-hydrogen) atoms. The van der Waals surface area contributed by atoms with Crippen LogP contribution in [0.4, 0.5) is 13.2 Å². The molecule has 0 bridgehead atoms. The number of hydrogen-bond donors (Lipinski definition) is 0. The van der Waals surface area contributed by atoms with Gasteiger partial charge < -0.3 is 14.2 Å². The first-order chi connectivity index (χ1) is 18.3. The van der Waals surface area contributed by atoms with Crippen molar-refractivity contribution in [2.45, 2.75) is 46.2 Å². The van der Waals surface area contributed by atoms with Crippen LogP contribution in [-0.4, -0.2) is 51.0 Å². The summed E-state index contributed by atoms with van der Waals surface area (Å²) in [7, 11) is 1.62. The maximum absolute atomic E-state index is 13.4. The predicted molar refractivity (Wildman–Crippen MR) is 142 cm³/mol. The Morgan fingerprint density at radius 3 is 2.59 bits per heavy atom. The molecule has 0 radical (unpaired) electrons. The van der Waals surface area contributed by atoms with Crippen LogP contribution in [0.15, 0.2) is 18.3 Å². The fourth-order valence-electron chi connectivity index (χ4n) is 5.09. The summed E-state index contributed by atoms with van der Waals surface area (Å²) < 4.78 is 46.6. The number of rotatable bonds is 6. The SMILES string of the molecule is CCOC(=O)C[C@@H]1CCN(C(=O)c2cnc(Cl)c(Cc3cc4c(C)cc(C(F)(F)F)nc4n3C)c2Cl)CC1C. The van der Waals surface area contributed by atoms with Gasteiger partial charge in [0, 0.05) is 55.8 Å². The third kappa shape index (κ3) is 6.01. The van der Waals surface area contributed by atoms with Gasteiger partial charge in [0.1, 0.15) is 16.5 Å². The van der Waals surface area contributed by atoms with Crippen molar-refractivity contribution in [1.82, 2.24) is 19.4 Å². The van der Waals surface area contributed by atoms with E-state index in [9.17, 15) is 22.8 Å². The molecule has 3 aromatic rings. The molecule has 3 aromatic heterocycles. The van der Waals surface area contributed by atoms with Gasteiger partial charge in [-0.05, 0) is 49.8 Å². The molecule has 1 saturated heterocycles. The summed E-state index contributed by atoms with van der Waals surface area (Å²) in [6.07, 6.45) is -2.13. The van der Waals surface area contributed by atoms with Gasteiger partial charge in [-0.3, -0.25) is 9.59 Å². The number of esters is 1. The molecule has 0 aromatic carbocycles. The average Bonchev–Trinajstić information content (AvgIpc) is 3.18. The van der Waals surface area contributed by atoms with E-state index in [2.05, 4.69) is 9.97 Å². The van der Waals surface area contributed by atoms with Gasteiger partial charge in [0.2, 0.25) is 0 Å². The summed E-state index contributed by atoms with van der Waals surface area (Å²) in [5.74, 6) is -0.337. The monoisotopic (exact) mass is 584 g/mol. The third-order valence-electron chi connectivity index (χ3n) is 7.35. The number of carbonyl (C=O) groups excluding carboxylic acids is 2. The van der Waals surface area contributed by atoms with Crippen molar-refractivity contribution in [3.63, 3.8) is 0 Å². The number of halogens is 5. The molecule has 0 N–H and O–H groups in total. The van der Waals surface area contributed by atoms with Crippen LogP contribution in [0.25, 0.3) is 11.0 Å². The molecule has 1 aliphatic heterocycles. The van der Waals surface area contributed by atoms with Crippen LogP contribution in [0.3, 0.4) is 0 Å². The van der Waals surface area contributed by atoms with E-state index in [1.54, 1.807) is 36.4 Å². The maximum atomic E-state index is 13.4. The van der Waals surface area contributed by atoms with Crippen LogP contribution in [0.2, 0.25) is 10.2 Å². The molecule has 0 spiro atoms. The Morgan fingerprint density at radius 2 is 1.95 bits per heavy atom. The molecular weight excluding hydrogens is 556 g/mol. The van der Waals surface area contributed by atoms with Gasteiger partial charge in [-0.15, -0.1) is 0 Å². The van der Waals surface area contributed by atoms with Gasteiger partial charge in [0.05, 0.1) is 17.2 Å². The number of fused-ring (bicyclic) bond motifs is 1. The molecule has 1 amide bonds. The summed E-state index contributed by atoms with van der Waals surface area (Å²) in [5.41, 5.74) is 0.862. The van der Waals surface area contributed by atoms with Gasteiger partial charge in [-0.25, -0.2) is 9.97 Å². The molecule has 0 saturated carbocycles. The lowest BCUT2D eigenvalue weighted by Gasteiger charge is -2.36. The highest BCUT2D eigenvalue weighted by Crippen LogP contribution is 2.35. The zero-order valence-electron chi connectivity index (χ0n) is 22.0. The van der Waals surface area contributed by atoms with Crippen LogP contribution in [0, 0.1) is 18.8 Å². The molecule has 4 rings (SSSR count). The van der Waals surface area contributed by atoms with Crippen molar-refractivity contribution in [2.75, 3.05) is 19.7 Å². The lowest BCUT2D eigenvalue weighted by Crippen LogP contribution is -2.43. The Bertz CT molecular complexity index is 1420. The Hall–Kier alpha value is -2.85. The minimum atomic E-state index is -4.57. The number of aromatic nitrogens is 3. The van der Waals surface area contributed by atoms with Gasteiger partial charge in [-0.1, -0.05) is 30.1 Å². The van der Waals surface area contributed by atoms with E-state index in [0.29, 0.717) is 54.7 Å². The standard InChI is InChI=1S/C27H29Cl2F3N4O3/c1-5-39-22(37)9-16-6-7-36(13-15(16)3)26(38)20-12-33-24(29)19(23(20)28)11-17-10-18-14(2)8-21(27(30,31)32)34-25(18)35(17)4/h8,10,12,15-16H,5-7,9,11,13H2,1-4H3/t15?,16-/m0/s1. The van der Waals surface area contributed by atoms with E-state index in [1.165, 1.54) is 6.20 Å². The zero-order chi connectivity index (χ0) is 28.6. The van der Waals surface area contributed by atoms with Crippen molar-refractivity contribution < 1.29 is 27.5 Å². The lowest BCUT2D eigenvalue weighted by molar-refractivity contribution is -0.145. The van der Waals surface area contributed by atoms with E-state index in [-0.39, 0.29) is 51.5 Å². The molecule has 1 unspecified atom stereocenters. The maximum Gasteiger partial charge on any atom is 0.433 e. The second-order valence-corrected chi connectivity index (χ2v) is 10.7. The fraction of sp³-hybridized carbons (Fsp3) is 0.481. The number of piperidine rings is 1. The first-order valence-corrected chi connectivity index (χ1v) is 13.4. The molecule has 4 heterocycles. The molecule has 12 heteroatoms. The first-order valence-electron chi connectivity index (χ1n) is 12.6. The number of hydrogen-bond acceptors (Lipinski definition) is 5. The molecule has 0 aliphatic carbocycles. The Labute approximate surface area is 234 Å². The summed E-state index contributed by atoms with van der Waals surface area (Å²) in [4.78, 5) is 35.1. The molecule has 1 fully saturated rings. The first kappa shape index (κ1) is 29.1. The molecular formula is C27H29Cl2F3N4O3. The number of nitrogens with zero attached hydrogens (tertiary/aromatic N) is 4. The van der Waals surface area contributed by atoms with Crippen LogP contribution in [0.1, 0.15) is 59.6 Å². The van der Waals surface area contributed by atoms with Crippen molar-refractivity contribution in [1.29, 1.82) is 0 Å². The molecule has 1 aliphatic rings. The van der Waals surface area contributed by atoms with Crippen molar-refractivity contribution in [2.24, 2.45) is 18.9 Å². The van der Waals surface area contributed by atoms with E-state index in [4.69, 9.17) is 27.9 Å². The van der Waals surface area contributed by atoms with Gasteiger partial charge >= 0.3 is 12.1 Å². The number of pyridine rings is 2. The van der Waals surface area contributed by atoms with Crippen LogP contribution >= 0.6 is 23.2 Å². The highest BCUT2D eigenvalue weighted by Gasteiger charge is 2.34. The van der Waals surface area contributed by atoms with Gasteiger partial charge in [0.25, 0.3) is 5.91 Å². The minimum absolute atomic E-state index is 0.0822. The number of carbonyl (C=O) groups is 2. The van der Waals surface area contributed by atoms with E-state index in [0.717, 1.165) is 6.07 Å². The predicted octanol–water partition coefficient (Wildman–Crippen LogP) is 6.24. The average molecular weight is 585 g/mol. The lowest BCUT2D eigenvalue weighted by atomic mass is 9.84. The summed E-state index contributed by atoms with van der Waals surface area (Å²) in [5, 5.41) is 0.823. The topological polar surface area (TPSA) is 77.3 Å². The smallest absolute Gasteiger partial charge is 0.433 e. The molecule has 7 nitrogen and oxygen atoms in total. The van der Waals surface area contributed by atoms with Gasteiger partial charge in [-0.2, -0.15) is 13.2 Å². The fourth-order valence-corrected chi connectivity index (χ4v) is 5.63. The largest absolute Gasteiger partial charge is 0.466 e. The van der Waals surface area contributed by atoms with E-state index < -0.39 is 11.9 Å². The second kappa shape index (κ2) is 11.3. The number of amides is 1. The Balaban J connectivity index is 1.58. The van der Waals surface area contributed by atoms with E-state index >= 15 is 0 Å². The normalized spacial score (nSPS) is 18.0. The second-order valence-electron chi connectivity index (χ2n) is 9.97. The summed E-state index contributed by atoms with van der Waals surface area (Å²) >= 11 is 13.1. The van der Waals surface area contributed by atoms with Gasteiger partial charge in [0.15, 0.2) is 0 Å². The van der Waals surface area contributed by atoms with E-state index in [1.807, 2.05) is 6.92 Å². The Morgan fingerprint density at radius 1 is 1.23 bits per heavy atom. The third-order valence-corrected chi connectivity index (χ3v) is 8.10. The minimum Gasteiger partial charge on any atom is -0.466 e. The highest BCUT2D eigenvalue weighted by molar-refractivity contribution is 6.37. The van der Waals surface area contributed by atoms with Crippen molar-refractivity contribution in [3.05, 3.63) is 56.6 Å². The summed E-state index contributed by atoms with van der Waals surface area (Å²) in [6, 6.07) is 2.76. The molecule has 210 valence electrons.